The van der Waals surface area contributed by atoms with Gasteiger partial charge in [-0.3, -0.25) is 9.59 Å². The zero-order valence-corrected chi connectivity index (χ0v) is 48.7. The number of esters is 1. The zero-order chi connectivity index (χ0) is 52.2. The molecule has 0 saturated carbocycles. The summed E-state index contributed by atoms with van der Waals surface area (Å²) in [6.07, 6.45) is 76.6. The summed E-state index contributed by atoms with van der Waals surface area (Å²) in [5.74, 6) is -0.0661. The standard InChI is InChI=1S/C66H127NO5/c1-3-5-7-9-11-13-15-17-18-19-20-21-22-23-26-29-32-35-38-42-46-50-54-58-64(69)63(62-68)67-65(70)59-55-51-47-43-39-36-33-30-27-24-25-28-31-34-37-41-45-49-53-57-61-72-66(71)60-56-52-48-44-40-16-14-12-10-8-6-4-2/h24,27,54,58,63-64,68-69H,3-23,25-26,28-53,55-57,59-62H2,1-2H3,(H,67,70)/b27-24-,58-54+. The van der Waals surface area contributed by atoms with Gasteiger partial charge in [-0.1, -0.05) is 314 Å². The molecule has 0 aromatic heterocycles. The summed E-state index contributed by atoms with van der Waals surface area (Å²) in [6.45, 7) is 4.92. The van der Waals surface area contributed by atoms with E-state index in [4.69, 9.17) is 4.74 Å². The molecule has 0 saturated heterocycles. The van der Waals surface area contributed by atoms with E-state index in [0.717, 1.165) is 44.9 Å². The first-order valence-electron chi connectivity index (χ1n) is 32.6. The second-order valence-corrected chi connectivity index (χ2v) is 22.5. The first-order chi connectivity index (χ1) is 35.5. The Hall–Kier alpha value is -1.66. The van der Waals surface area contributed by atoms with Gasteiger partial charge in [0.2, 0.25) is 5.91 Å². The number of ether oxygens (including phenoxy) is 1. The minimum absolute atomic E-state index is 0.00684. The molecule has 2 atom stereocenters. The summed E-state index contributed by atoms with van der Waals surface area (Å²) in [4.78, 5) is 24.5. The number of amides is 1. The highest BCUT2D eigenvalue weighted by molar-refractivity contribution is 5.76. The highest BCUT2D eigenvalue weighted by atomic mass is 16.5. The van der Waals surface area contributed by atoms with Gasteiger partial charge in [0.15, 0.2) is 0 Å². The highest BCUT2D eigenvalue weighted by Gasteiger charge is 2.18. The van der Waals surface area contributed by atoms with E-state index in [1.807, 2.05) is 6.08 Å². The Morgan fingerprint density at radius 3 is 0.986 bits per heavy atom. The fraction of sp³-hybridized carbons (Fsp3) is 0.909. The van der Waals surface area contributed by atoms with Crippen LogP contribution >= 0.6 is 0 Å². The lowest BCUT2D eigenvalue weighted by Gasteiger charge is -2.20. The number of aliphatic hydroxyl groups is 2. The van der Waals surface area contributed by atoms with E-state index in [9.17, 15) is 19.8 Å². The van der Waals surface area contributed by atoms with Crippen molar-refractivity contribution in [2.75, 3.05) is 13.2 Å². The van der Waals surface area contributed by atoms with Crippen molar-refractivity contribution in [3.05, 3.63) is 24.3 Å². The summed E-state index contributed by atoms with van der Waals surface area (Å²) in [6, 6.07) is -0.635. The molecular formula is C66H127NO5. The van der Waals surface area contributed by atoms with E-state index in [2.05, 4.69) is 31.3 Å². The predicted molar refractivity (Wildman–Crippen MR) is 315 cm³/mol. The summed E-state index contributed by atoms with van der Waals surface area (Å²) >= 11 is 0. The molecule has 0 aliphatic rings. The van der Waals surface area contributed by atoms with Crippen LogP contribution in [-0.4, -0.2) is 47.4 Å². The third-order valence-electron chi connectivity index (χ3n) is 15.2. The van der Waals surface area contributed by atoms with Crippen LogP contribution < -0.4 is 5.32 Å². The summed E-state index contributed by atoms with van der Waals surface area (Å²) < 4.78 is 5.47. The van der Waals surface area contributed by atoms with Gasteiger partial charge in [0, 0.05) is 12.8 Å². The number of rotatable bonds is 61. The maximum Gasteiger partial charge on any atom is 0.305 e. The van der Waals surface area contributed by atoms with Crippen molar-refractivity contribution in [2.45, 2.75) is 373 Å². The van der Waals surface area contributed by atoms with E-state index >= 15 is 0 Å². The topological polar surface area (TPSA) is 95.9 Å². The Morgan fingerprint density at radius 2 is 0.653 bits per heavy atom. The largest absolute Gasteiger partial charge is 0.466 e. The fourth-order valence-corrected chi connectivity index (χ4v) is 10.2. The number of hydrogen-bond donors (Lipinski definition) is 3. The van der Waals surface area contributed by atoms with Crippen LogP contribution in [0.1, 0.15) is 361 Å². The second kappa shape index (κ2) is 61.9. The molecule has 3 N–H and O–H groups in total. The molecule has 72 heavy (non-hydrogen) atoms. The van der Waals surface area contributed by atoms with Gasteiger partial charge in [-0.2, -0.15) is 0 Å². The molecule has 0 aromatic rings. The number of unbranched alkanes of at least 4 members (excludes halogenated alkanes) is 48. The molecule has 0 aliphatic heterocycles. The van der Waals surface area contributed by atoms with E-state index in [0.29, 0.717) is 19.4 Å². The van der Waals surface area contributed by atoms with Gasteiger partial charge in [0.05, 0.1) is 25.4 Å². The molecule has 0 fully saturated rings. The summed E-state index contributed by atoms with van der Waals surface area (Å²) in [5, 5.41) is 23.2. The van der Waals surface area contributed by atoms with Gasteiger partial charge < -0.3 is 20.3 Å². The van der Waals surface area contributed by atoms with Gasteiger partial charge in [-0.25, -0.2) is 0 Å². The van der Waals surface area contributed by atoms with Crippen LogP contribution in [0.15, 0.2) is 24.3 Å². The first kappa shape index (κ1) is 70.3. The fourth-order valence-electron chi connectivity index (χ4n) is 10.2. The van der Waals surface area contributed by atoms with Crippen LogP contribution in [0.25, 0.3) is 0 Å². The van der Waals surface area contributed by atoms with Crippen molar-refractivity contribution in [1.82, 2.24) is 5.32 Å². The van der Waals surface area contributed by atoms with Gasteiger partial charge in [-0.15, -0.1) is 0 Å². The zero-order valence-electron chi connectivity index (χ0n) is 48.7. The molecular weight excluding hydrogens is 887 g/mol. The molecule has 426 valence electrons. The van der Waals surface area contributed by atoms with Gasteiger partial charge in [0.25, 0.3) is 0 Å². The van der Waals surface area contributed by atoms with Gasteiger partial charge >= 0.3 is 5.97 Å². The molecule has 0 aromatic carbocycles. The summed E-state index contributed by atoms with van der Waals surface area (Å²) in [7, 11) is 0. The van der Waals surface area contributed by atoms with Crippen LogP contribution in [0.2, 0.25) is 0 Å². The normalized spacial score (nSPS) is 12.7. The molecule has 0 rings (SSSR count). The Labute approximate surface area is 450 Å². The molecule has 0 spiro atoms. The Kier molecular flexibility index (Phi) is 60.5. The van der Waals surface area contributed by atoms with Crippen LogP contribution in [-0.2, 0) is 14.3 Å². The van der Waals surface area contributed by atoms with Gasteiger partial charge in [-0.05, 0) is 57.8 Å². The predicted octanol–water partition coefficient (Wildman–Crippen LogP) is 20.6. The van der Waals surface area contributed by atoms with Crippen LogP contribution in [0, 0.1) is 0 Å². The van der Waals surface area contributed by atoms with Crippen molar-refractivity contribution in [3.63, 3.8) is 0 Å². The molecule has 2 unspecified atom stereocenters. The lowest BCUT2D eigenvalue weighted by Crippen LogP contribution is -2.45. The molecule has 0 bridgehead atoms. The molecule has 1 amide bonds. The van der Waals surface area contributed by atoms with Gasteiger partial charge in [0.1, 0.15) is 0 Å². The van der Waals surface area contributed by atoms with Crippen LogP contribution in [0.3, 0.4) is 0 Å². The van der Waals surface area contributed by atoms with E-state index in [-0.39, 0.29) is 18.5 Å². The molecule has 0 heterocycles. The first-order valence-corrected chi connectivity index (χ1v) is 32.6. The smallest absolute Gasteiger partial charge is 0.305 e. The average molecular weight is 1010 g/mol. The summed E-state index contributed by atoms with van der Waals surface area (Å²) in [5.41, 5.74) is 0. The Bertz CT molecular complexity index is 1120. The number of hydrogen-bond acceptors (Lipinski definition) is 5. The lowest BCUT2D eigenvalue weighted by atomic mass is 10.0. The van der Waals surface area contributed by atoms with Crippen molar-refractivity contribution in [1.29, 1.82) is 0 Å². The number of nitrogens with one attached hydrogen (secondary N) is 1. The van der Waals surface area contributed by atoms with Crippen molar-refractivity contribution < 1.29 is 24.5 Å². The number of allylic oxidation sites excluding steroid dienone is 3. The van der Waals surface area contributed by atoms with E-state index in [1.54, 1.807) is 6.08 Å². The lowest BCUT2D eigenvalue weighted by molar-refractivity contribution is -0.143. The van der Waals surface area contributed by atoms with E-state index < -0.39 is 12.1 Å². The third-order valence-corrected chi connectivity index (χ3v) is 15.2. The minimum atomic E-state index is -0.851. The van der Waals surface area contributed by atoms with Crippen molar-refractivity contribution >= 4 is 11.9 Å². The second-order valence-electron chi connectivity index (χ2n) is 22.5. The maximum atomic E-state index is 12.5. The molecule has 6 nitrogen and oxygen atoms in total. The highest BCUT2D eigenvalue weighted by Crippen LogP contribution is 2.18. The van der Waals surface area contributed by atoms with Crippen molar-refractivity contribution in [2.24, 2.45) is 0 Å². The molecule has 6 heteroatoms. The minimum Gasteiger partial charge on any atom is -0.466 e. The average Bonchev–Trinajstić information content (AvgIpc) is 3.38. The SMILES string of the molecule is CCCCCCCCCCCCCCCCCCCCCCC/C=C/C(O)C(CO)NC(=O)CCCCCCCCC/C=C\CCCCCCCCCCCOC(=O)CCCCCCCCCCCCCC. The van der Waals surface area contributed by atoms with E-state index in [1.165, 1.54) is 289 Å². The number of carbonyl (C=O) groups excluding carboxylic acids is 2. The van der Waals surface area contributed by atoms with Crippen LogP contribution in [0.5, 0.6) is 0 Å². The molecule has 0 aliphatic carbocycles. The molecule has 0 radical (unpaired) electrons. The number of carbonyl (C=O) groups is 2. The third kappa shape index (κ3) is 57.6. The maximum absolute atomic E-state index is 12.5. The Morgan fingerprint density at radius 1 is 0.375 bits per heavy atom. The van der Waals surface area contributed by atoms with Crippen molar-refractivity contribution in [3.8, 4) is 0 Å². The Balaban J connectivity index is 3.46. The quantitative estimate of drug-likeness (QED) is 0.0320. The monoisotopic (exact) mass is 1010 g/mol. The number of aliphatic hydroxyl groups excluding tert-OH is 2. The van der Waals surface area contributed by atoms with Crippen LogP contribution in [0.4, 0.5) is 0 Å².